The average Bonchev–Trinajstić information content (AvgIpc) is 2.81. The predicted octanol–water partition coefficient (Wildman–Crippen LogP) is 3.24. The van der Waals surface area contributed by atoms with Gasteiger partial charge in [-0.2, -0.15) is 5.10 Å². The number of hydrogen-bond donors (Lipinski definition) is 3. The van der Waals surface area contributed by atoms with E-state index in [2.05, 4.69) is 21.2 Å². The molecule has 0 heterocycles. The SMILES string of the molecule is CCOc1ccc(/C=N\NC(=O)C(=O)Nc2ccccc2C(=O)NC2CCCCC2)cc1. The zero-order valence-electron chi connectivity index (χ0n) is 18.1. The highest BCUT2D eigenvalue weighted by Gasteiger charge is 2.20. The van der Waals surface area contributed by atoms with Crippen molar-refractivity contribution >= 4 is 29.6 Å². The summed E-state index contributed by atoms with van der Waals surface area (Å²) in [5, 5.41) is 9.32. The second-order valence-electron chi connectivity index (χ2n) is 7.51. The lowest BCUT2D eigenvalue weighted by molar-refractivity contribution is -0.136. The third kappa shape index (κ3) is 6.66. The first kappa shape index (κ1) is 23.0. The molecular weight excluding hydrogens is 408 g/mol. The first-order valence-electron chi connectivity index (χ1n) is 10.8. The molecule has 3 amide bonds. The molecule has 0 aliphatic heterocycles. The van der Waals surface area contributed by atoms with Crippen molar-refractivity contribution in [1.29, 1.82) is 0 Å². The summed E-state index contributed by atoms with van der Waals surface area (Å²) in [7, 11) is 0. The van der Waals surface area contributed by atoms with Crippen LogP contribution in [0.15, 0.2) is 53.6 Å². The van der Waals surface area contributed by atoms with Gasteiger partial charge in [0.1, 0.15) is 5.75 Å². The maximum atomic E-state index is 12.7. The van der Waals surface area contributed by atoms with E-state index in [4.69, 9.17) is 4.74 Å². The molecule has 0 radical (unpaired) electrons. The number of anilines is 1. The standard InChI is InChI=1S/C24H28N4O4/c1-2-32-19-14-12-17(13-15-19)16-25-28-24(31)23(30)27-21-11-7-6-10-20(21)22(29)26-18-8-4-3-5-9-18/h6-7,10-16,18H,2-5,8-9H2,1H3,(H,26,29)(H,27,30)(H,28,31)/b25-16-. The lowest BCUT2D eigenvalue weighted by Crippen LogP contribution is -2.37. The monoisotopic (exact) mass is 436 g/mol. The first-order chi connectivity index (χ1) is 15.6. The molecule has 3 N–H and O–H groups in total. The highest BCUT2D eigenvalue weighted by molar-refractivity contribution is 6.40. The molecule has 0 aromatic heterocycles. The van der Waals surface area contributed by atoms with Gasteiger partial charge in [-0.1, -0.05) is 31.4 Å². The second kappa shape index (κ2) is 11.6. The van der Waals surface area contributed by atoms with Crippen molar-refractivity contribution in [2.24, 2.45) is 5.10 Å². The minimum Gasteiger partial charge on any atom is -0.494 e. The lowest BCUT2D eigenvalue weighted by Gasteiger charge is -2.23. The van der Waals surface area contributed by atoms with Crippen LogP contribution in [0.4, 0.5) is 5.69 Å². The topological polar surface area (TPSA) is 109 Å². The van der Waals surface area contributed by atoms with E-state index < -0.39 is 11.8 Å². The van der Waals surface area contributed by atoms with E-state index >= 15 is 0 Å². The van der Waals surface area contributed by atoms with Crippen molar-refractivity contribution in [2.75, 3.05) is 11.9 Å². The summed E-state index contributed by atoms with van der Waals surface area (Å²) in [5.41, 5.74) is 3.52. The number of para-hydroxylation sites is 1. The number of carbonyl (C=O) groups excluding carboxylic acids is 3. The smallest absolute Gasteiger partial charge is 0.329 e. The van der Waals surface area contributed by atoms with Crippen LogP contribution >= 0.6 is 0 Å². The number of nitrogens with one attached hydrogen (secondary N) is 3. The Morgan fingerprint density at radius 3 is 2.44 bits per heavy atom. The molecule has 168 valence electrons. The van der Waals surface area contributed by atoms with Gasteiger partial charge in [-0.25, -0.2) is 5.43 Å². The molecule has 3 rings (SSSR count). The van der Waals surface area contributed by atoms with Crippen LogP contribution < -0.4 is 20.8 Å². The largest absolute Gasteiger partial charge is 0.494 e. The fourth-order valence-corrected chi connectivity index (χ4v) is 3.51. The number of amides is 3. The van der Waals surface area contributed by atoms with Crippen LogP contribution in [-0.4, -0.2) is 36.6 Å². The Morgan fingerprint density at radius 1 is 1.00 bits per heavy atom. The summed E-state index contributed by atoms with van der Waals surface area (Å²) in [4.78, 5) is 37.1. The van der Waals surface area contributed by atoms with Gasteiger partial charge in [-0.15, -0.1) is 0 Å². The zero-order valence-corrected chi connectivity index (χ0v) is 18.1. The molecule has 8 heteroatoms. The van der Waals surface area contributed by atoms with Gasteiger partial charge in [-0.3, -0.25) is 14.4 Å². The van der Waals surface area contributed by atoms with Crippen molar-refractivity contribution in [1.82, 2.24) is 10.7 Å². The predicted molar refractivity (Wildman–Crippen MR) is 123 cm³/mol. The Labute approximate surface area is 187 Å². The van der Waals surface area contributed by atoms with Crippen LogP contribution in [0.25, 0.3) is 0 Å². The van der Waals surface area contributed by atoms with E-state index in [0.29, 0.717) is 12.2 Å². The number of nitrogens with zero attached hydrogens (tertiary/aromatic N) is 1. The van der Waals surface area contributed by atoms with Crippen LogP contribution in [-0.2, 0) is 9.59 Å². The molecule has 8 nitrogen and oxygen atoms in total. The van der Waals surface area contributed by atoms with Gasteiger partial charge in [0.2, 0.25) is 0 Å². The van der Waals surface area contributed by atoms with Crippen molar-refractivity contribution in [3.05, 3.63) is 59.7 Å². The Bertz CT molecular complexity index is 966. The summed E-state index contributed by atoms with van der Waals surface area (Å²) in [5.74, 6) is -1.37. The third-order valence-electron chi connectivity index (χ3n) is 5.14. The third-order valence-corrected chi connectivity index (χ3v) is 5.14. The van der Waals surface area contributed by atoms with Crippen molar-refractivity contribution in [2.45, 2.75) is 45.1 Å². The van der Waals surface area contributed by atoms with Gasteiger partial charge in [0, 0.05) is 6.04 Å². The van der Waals surface area contributed by atoms with E-state index in [-0.39, 0.29) is 17.6 Å². The van der Waals surface area contributed by atoms with Gasteiger partial charge < -0.3 is 15.4 Å². The number of benzene rings is 2. The molecule has 0 bridgehead atoms. The molecule has 1 fully saturated rings. The van der Waals surface area contributed by atoms with E-state index in [1.54, 1.807) is 48.5 Å². The molecule has 0 saturated heterocycles. The Morgan fingerprint density at radius 2 is 1.72 bits per heavy atom. The van der Waals surface area contributed by atoms with Gasteiger partial charge in [-0.05, 0) is 61.7 Å². The van der Waals surface area contributed by atoms with Crippen molar-refractivity contribution in [3.8, 4) is 5.75 Å². The molecular formula is C24H28N4O4. The number of ether oxygens (including phenoxy) is 1. The van der Waals surface area contributed by atoms with Gasteiger partial charge in [0.25, 0.3) is 5.91 Å². The Balaban J connectivity index is 1.55. The summed E-state index contributed by atoms with van der Waals surface area (Å²) < 4.78 is 5.36. The van der Waals surface area contributed by atoms with Crippen LogP contribution in [0.1, 0.15) is 54.9 Å². The van der Waals surface area contributed by atoms with Gasteiger partial charge >= 0.3 is 11.8 Å². The van der Waals surface area contributed by atoms with Gasteiger partial charge in [0.15, 0.2) is 0 Å². The lowest BCUT2D eigenvalue weighted by atomic mass is 9.95. The normalized spacial score (nSPS) is 14.0. The number of carbonyl (C=O) groups is 3. The number of hydrazone groups is 1. The fraction of sp³-hybridized carbons (Fsp3) is 0.333. The van der Waals surface area contributed by atoms with E-state index in [0.717, 1.165) is 37.0 Å². The fourth-order valence-electron chi connectivity index (χ4n) is 3.51. The second-order valence-corrected chi connectivity index (χ2v) is 7.51. The van der Waals surface area contributed by atoms with E-state index in [9.17, 15) is 14.4 Å². The molecule has 32 heavy (non-hydrogen) atoms. The molecule has 1 saturated carbocycles. The quantitative estimate of drug-likeness (QED) is 0.352. The van der Waals surface area contributed by atoms with Crippen molar-refractivity contribution in [3.63, 3.8) is 0 Å². The zero-order chi connectivity index (χ0) is 22.8. The minimum absolute atomic E-state index is 0.139. The highest BCUT2D eigenvalue weighted by atomic mass is 16.5. The Hall–Kier alpha value is -3.68. The first-order valence-corrected chi connectivity index (χ1v) is 10.8. The molecule has 0 atom stereocenters. The van der Waals surface area contributed by atoms with Crippen LogP contribution in [0.5, 0.6) is 5.75 Å². The maximum Gasteiger partial charge on any atom is 0.329 e. The van der Waals surface area contributed by atoms with Gasteiger partial charge in [0.05, 0.1) is 24.1 Å². The number of hydrogen-bond acceptors (Lipinski definition) is 5. The maximum absolute atomic E-state index is 12.7. The van der Waals surface area contributed by atoms with Crippen LogP contribution in [0.2, 0.25) is 0 Å². The highest BCUT2D eigenvalue weighted by Crippen LogP contribution is 2.20. The van der Waals surface area contributed by atoms with Crippen LogP contribution in [0, 0.1) is 0 Å². The molecule has 1 aliphatic rings. The molecule has 2 aromatic rings. The summed E-state index contributed by atoms with van der Waals surface area (Å²) in [6.45, 7) is 2.47. The van der Waals surface area contributed by atoms with E-state index in [1.807, 2.05) is 6.92 Å². The number of rotatable bonds is 7. The molecule has 0 spiro atoms. The summed E-state index contributed by atoms with van der Waals surface area (Å²) >= 11 is 0. The summed E-state index contributed by atoms with van der Waals surface area (Å²) in [6, 6.07) is 13.9. The Kier molecular flexibility index (Phi) is 8.36. The minimum atomic E-state index is -0.935. The van der Waals surface area contributed by atoms with Crippen molar-refractivity contribution < 1.29 is 19.1 Å². The van der Waals surface area contributed by atoms with Crippen LogP contribution in [0.3, 0.4) is 0 Å². The molecule has 1 aliphatic carbocycles. The molecule has 2 aromatic carbocycles. The van der Waals surface area contributed by atoms with E-state index in [1.165, 1.54) is 12.6 Å². The average molecular weight is 437 g/mol. The molecule has 0 unspecified atom stereocenters. The summed E-state index contributed by atoms with van der Waals surface area (Å²) in [6.07, 6.45) is 6.72.